The van der Waals surface area contributed by atoms with Crippen LogP contribution in [0, 0.1) is 5.92 Å². The van der Waals surface area contributed by atoms with Gasteiger partial charge in [-0.2, -0.15) is 0 Å². The number of nitrogens with zero attached hydrogens (tertiary/aromatic N) is 2. The molecular weight excluding hydrogens is 314 g/mol. The molecule has 0 spiro atoms. The molecule has 1 N–H and O–H groups in total. The van der Waals surface area contributed by atoms with Crippen LogP contribution in [-0.4, -0.2) is 53.4 Å². The molecule has 1 amide bonds. The highest BCUT2D eigenvalue weighted by Gasteiger charge is 2.44. The number of amides is 1. The van der Waals surface area contributed by atoms with Gasteiger partial charge in [-0.25, -0.2) is 0 Å². The van der Waals surface area contributed by atoms with Gasteiger partial charge in [-0.3, -0.25) is 9.59 Å². The topological polar surface area (TPSA) is 56.4 Å². The maximum Gasteiger partial charge on any atom is 0.270 e. The summed E-state index contributed by atoms with van der Waals surface area (Å²) in [7, 11) is 2.19. The summed E-state index contributed by atoms with van der Waals surface area (Å²) in [6, 6.07) is 15.9. The fourth-order valence-corrected chi connectivity index (χ4v) is 4.47. The summed E-state index contributed by atoms with van der Waals surface area (Å²) in [6.45, 7) is 2.51. The lowest BCUT2D eigenvalue weighted by Crippen LogP contribution is -2.48. The summed E-state index contributed by atoms with van der Waals surface area (Å²) in [5.74, 6) is 0.805. The smallest absolute Gasteiger partial charge is 0.270 e. The zero-order chi connectivity index (χ0) is 17.4. The number of nitrogens with one attached hydrogen (secondary N) is 1. The summed E-state index contributed by atoms with van der Waals surface area (Å²) >= 11 is 0. The zero-order valence-corrected chi connectivity index (χ0v) is 14.4. The second-order valence-electron chi connectivity index (χ2n) is 7.16. The Morgan fingerprint density at radius 3 is 2.64 bits per heavy atom. The molecule has 0 aliphatic carbocycles. The Hall–Kier alpha value is -2.40. The molecule has 0 unspecified atom stereocenters. The number of pyridine rings is 1. The lowest BCUT2D eigenvalue weighted by molar-refractivity contribution is 0.0601. The van der Waals surface area contributed by atoms with Crippen LogP contribution in [-0.2, 0) is 0 Å². The molecule has 1 aromatic heterocycles. The first-order valence-corrected chi connectivity index (χ1v) is 8.87. The van der Waals surface area contributed by atoms with Gasteiger partial charge in [-0.1, -0.05) is 36.4 Å². The number of piperidine rings is 1. The molecule has 0 bridgehead atoms. The predicted octanol–water partition coefficient (Wildman–Crippen LogP) is 1.93. The number of likely N-dealkylation sites (N-methyl/N-ethyl adjacent to an activating group) is 1. The minimum absolute atomic E-state index is 0.0717. The number of carbonyl (C=O) groups is 1. The van der Waals surface area contributed by atoms with Crippen LogP contribution >= 0.6 is 0 Å². The van der Waals surface area contributed by atoms with Crippen LogP contribution in [0.1, 0.15) is 28.4 Å². The summed E-state index contributed by atoms with van der Waals surface area (Å²) < 4.78 is 0. The van der Waals surface area contributed by atoms with E-state index in [1.54, 1.807) is 12.1 Å². The number of likely N-dealkylation sites (tertiary alicyclic amines) is 2. The van der Waals surface area contributed by atoms with E-state index in [4.69, 9.17) is 0 Å². The Bertz CT molecular complexity index is 817. The van der Waals surface area contributed by atoms with Gasteiger partial charge in [0.1, 0.15) is 5.69 Å². The molecule has 5 nitrogen and oxygen atoms in total. The Labute approximate surface area is 147 Å². The molecule has 0 saturated carbocycles. The minimum atomic E-state index is -0.233. The fraction of sp³-hybridized carbons (Fsp3) is 0.400. The molecule has 2 aromatic rings. The molecule has 2 aliphatic heterocycles. The van der Waals surface area contributed by atoms with Crippen molar-refractivity contribution in [2.75, 3.05) is 26.7 Å². The van der Waals surface area contributed by atoms with E-state index in [-0.39, 0.29) is 11.5 Å². The quantitative estimate of drug-likeness (QED) is 0.911. The number of hydrogen-bond acceptors (Lipinski definition) is 3. The molecule has 0 radical (unpaired) electrons. The van der Waals surface area contributed by atoms with Crippen LogP contribution in [0.25, 0.3) is 0 Å². The molecule has 3 heterocycles. The maximum atomic E-state index is 12.8. The SMILES string of the molecule is CN1C[C@H](c2ccccc2)[C@H]2CN(C(=O)c3cccc(=O)[nH]3)CC[C@H]21. The van der Waals surface area contributed by atoms with Crippen LogP contribution in [0.15, 0.2) is 53.3 Å². The van der Waals surface area contributed by atoms with Gasteiger partial charge in [-0.05, 0) is 25.1 Å². The third-order valence-electron chi connectivity index (χ3n) is 5.70. The molecule has 4 rings (SSSR count). The molecule has 5 heteroatoms. The second kappa shape index (κ2) is 6.48. The molecule has 2 saturated heterocycles. The highest BCUT2D eigenvalue weighted by atomic mass is 16.2. The number of hydrogen-bond donors (Lipinski definition) is 1. The van der Waals surface area contributed by atoms with Gasteiger partial charge >= 0.3 is 0 Å². The minimum Gasteiger partial charge on any atom is -0.337 e. The van der Waals surface area contributed by atoms with Gasteiger partial charge in [0, 0.05) is 43.6 Å². The average molecular weight is 337 g/mol. The van der Waals surface area contributed by atoms with Gasteiger partial charge in [0.05, 0.1) is 0 Å². The number of aromatic nitrogens is 1. The van der Waals surface area contributed by atoms with E-state index in [9.17, 15) is 9.59 Å². The number of rotatable bonds is 2. The van der Waals surface area contributed by atoms with Gasteiger partial charge in [0.25, 0.3) is 5.91 Å². The van der Waals surface area contributed by atoms with E-state index in [1.807, 2.05) is 11.0 Å². The normalized spacial score (nSPS) is 26.4. The van der Waals surface area contributed by atoms with Crippen molar-refractivity contribution in [2.45, 2.75) is 18.4 Å². The first-order chi connectivity index (χ1) is 12.1. The number of benzene rings is 1. The van der Waals surface area contributed by atoms with Crippen molar-refractivity contribution >= 4 is 5.91 Å². The highest BCUT2D eigenvalue weighted by Crippen LogP contribution is 2.40. The number of carbonyl (C=O) groups excluding carboxylic acids is 1. The molecule has 2 fully saturated rings. The number of H-pyrrole nitrogens is 1. The summed E-state index contributed by atoms with van der Waals surface area (Å²) in [4.78, 5) is 31.3. The second-order valence-corrected chi connectivity index (χ2v) is 7.16. The van der Waals surface area contributed by atoms with Crippen molar-refractivity contribution in [1.82, 2.24) is 14.8 Å². The Morgan fingerprint density at radius 1 is 1.08 bits per heavy atom. The molecule has 3 atom stereocenters. The third kappa shape index (κ3) is 3.00. The molecule has 130 valence electrons. The fourth-order valence-electron chi connectivity index (χ4n) is 4.47. The van der Waals surface area contributed by atoms with Gasteiger partial charge in [0.2, 0.25) is 5.56 Å². The first kappa shape index (κ1) is 16.1. The van der Waals surface area contributed by atoms with Crippen molar-refractivity contribution in [3.63, 3.8) is 0 Å². The maximum absolute atomic E-state index is 12.8. The van der Waals surface area contributed by atoms with Crippen LogP contribution in [0.2, 0.25) is 0 Å². The predicted molar refractivity (Wildman–Crippen MR) is 96.7 cm³/mol. The zero-order valence-electron chi connectivity index (χ0n) is 14.4. The largest absolute Gasteiger partial charge is 0.337 e. The highest BCUT2D eigenvalue weighted by molar-refractivity contribution is 5.92. The van der Waals surface area contributed by atoms with E-state index in [1.165, 1.54) is 11.6 Å². The van der Waals surface area contributed by atoms with E-state index >= 15 is 0 Å². The Morgan fingerprint density at radius 2 is 1.88 bits per heavy atom. The van der Waals surface area contributed by atoms with Crippen molar-refractivity contribution in [2.24, 2.45) is 5.92 Å². The first-order valence-electron chi connectivity index (χ1n) is 8.87. The summed E-state index contributed by atoms with van der Waals surface area (Å²) in [5, 5.41) is 0. The Kier molecular flexibility index (Phi) is 4.17. The molecule has 1 aromatic carbocycles. The summed E-state index contributed by atoms with van der Waals surface area (Å²) in [6.07, 6.45) is 0.979. The van der Waals surface area contributed by atoms with E-state index in [2.05, 4.69) is 41.2 Å². The monoisotopic (exact) mass is 337 g/mol. The van der Waals surface area contributed by atoms with E-state index in [0.29, 0.717) is 23.6 Å². The third-order valence-corrected chi connectivity index (χ3v) is 5.70. The van der Waals surface area contributed by atoms with Crippen molar-refractivity contribution in [3.05, 3.63) is 70.1 Å². The van der Waals surface area contributed by atoms with Gasteiger partial charge in [0.15, 0.2) is 0 Å². The van der Waals surface area contributed by atoms with Crippen LogP contribution in [0.5, 0.6) is 0 Å². The Balaban J connectivity index is 1.57. The van der Waals surface area contributed by atoms with E-state index in [0.717, 1.165) is 26.1 Å². The number of fused-ring (bicyclic) bond motifs is 1. The lowest BCUT2D eigenvalue weighted by Gasteiger charge is -2.38. The molecule has 25 heavy (non-hydrogen) atoms. The average Bonchev–Trinajstić information content (AvgIpc) is 2.98. The standard InChI is InChI=1S/C20H23N3O2/c1-22-12-15(14-6-3-2-4-7-14)16-13-23(11-10-18(16)22)20(25)17-8-5-9-19(24)21-17/h2-9,15-16,18H,10-13H2,1H3,(H,21,24)/t15-,16-,18-/m1/s1. The van der Waals surface area contributed by atoms with Crippen LogP contribution < -0.4 is 5.56 Å². The molecular formula is C20H23N3O2. The van der Waals surface area contributed by atoms with Crippen molar-refractivity contribution in [1.29, 1.82) is 0 Å². The van der Waals surface area contributed by atoms with Gasteiger partial charge < -0.3 is 14.8 Å². The van der Waals surface area contributed by atoms with Gasteiger partial charge in [-0.15, -0.1) is 0 Å². The van der Waals surface area contributed by atoms with Crippen molar-refractivity contribution < 1.29 is 4.79 Å². The summed E-state index contributed by atoms with van der Waals surface area (Å²) in [5.41, 5.74) is 1.50. The lowest BCUT2D eigenvalue weighted by atomic mass is 9.82. The van der Waals surface area contributed by atoms with Crippen molar-refractivity contribution in [3.8, 4) is 0 Å². The van der Waals surface area contributed by atoms with E-state index < -0.39 is 0 Å². The number of aromatic amines is 1. The van der Waals surface area contributed by atoms with Crippen LogP contribution in [0.4, 0.5) is 0 Å². The molecule has 2 aliphatic rings. The van der Waals surface area contributed by atoms with Crippen LogP contribution in [0.3, 0.4) is 0 Å².